The number of ketones is 1. The Balaban J connectivity index is 2.80. The quantitative estimate of drug-likeness (QED) is 0.449. The van der Waals surface area contributed by atoms with Crippen LogP contribution in [0.5, 0.6) is 0 Å². The highest BCUT2D eigenvalue weighted by molar-refractivity contribution is 6.46. The summed E-state index contributed by atoms with van der Waals surface area (Å²) in [4.78, 5) is 12.0. The minimum absolute atomic E-state index is 0.133. The molecule has 0 saturated heterocycles. The van der Waals surface area contributed by atoms with Gasteiger partial charge in [0.2, 0.25) is 0 Å². The van der Waals surface area contributed by atoms with E-state index >= 15 is 0 Å². The molecule has 0 aliphatic rings. The number of furan rings is 1. The van der Waals surface area contributed by atoms with Crippen molar-refractivity contribution in [3.63, 3.8) is 0 Å². The van der Waals surface area contributed by atoms with Gasteiger partial charge in [-0.1, -0.05) is 30.6 Å². The summed E-state index contributed by atoms with van der Waals surface area (Å²) in [7, 11) is 2.00. The molecular weight excluding hydrogens is 261 g/mol. The van der Waals surface area contributed by atoms with Gasteiger partial charge in [0.25, 0.3) is 0 Å². The second-order valence-electron chi connectivity index (χ2n) is 5.15. The van der Waals surface area contributed by atoms with Crippen molar-refractivity contribution in [2.24, 2.45) is 5.73 Å². The molecule has 111 valence electrons. The Bertz CT molecular complexity index is 563. The number of rotatable bonds is 8. The normalized spacial score (nSPS) is 12.3. The van der Waals surface area contributed by atoms with Gasteiger partial charge in [-0.25, -0.2) is 0 Å². The Morgan fingerprint density at radius 3 is 2.71 bits per heavy atom. The molecule has 2 N–H and O–H groups in total. The van der Waals surface area contributed by atoms with E-state index in [1.54, 1.807) is 12.3 Å². The molecule has 0 aliphatic carbocycles. The van der Waals surface area contributed by atoms with Gasteiger partial charge in [0, 0.05) is 12.1 Å². The van der Waals surface area contributed by atoms with Crippen molar-refractivity contribution < 1.29 is 9.21 Å². The molecule has 3 nitrogen and oxygen atoms in total. The van der Waals surface area contributed by atoms with Crippen molar-refractivity contribution in [1.29, 1.82) is 0 Å². The van der Waals surface area contributed by atoms with E-state index in [9.17, 15) is 4.79 Å². The van der Waals surface area contributed by atoms with Gasteiger partial charge in [0.1, 0.15) is 5.76 Å². The maximum absolute atomic E-state index is 12.0. The lowest BCUT2D eigenvalue weighted by molar-refractivity contribution is 0.0980. The highest BCUT2D eigenvalue weighted by atomic mass is 16.3. The van der Waals surface area contributed by atoms with Gasteiger partial charge in [-0.3, -0.25) is 4.79 Å². The van der Waals surface area contributed by atoms with Crippen LogP contribution in [0.2, 0.25) is 0 Å². The van der Waals surface area contributed by atoms with Crippen LogP contribution in [0.15, 0.2) is 52.2 Å². The van der Waals surface area contributed by atoms with E-state index in [0.717, 1.165) is 23.2 Å². The lowest BCUT2D eigenvalue weighted by Gasteiger charge is -2.05. The second kappa shape index (κ2) is 8.35. The fraction of sp³-hybridized carbons (Fsp3) is 0.353. The summed E-state index contributed by atoms with van der Waals surface area (Å²) in [6.07, 6.45) is 7.28. The molecule has 0 saturated carbocycles. The summed E-state index contributed by atoms with van der Waals surface area (Å²) < 4.78 is 5.44. The van der Waals surface area contributed by atoms with Crippen LogP contribution in [-0.2, 0) is 6.32 Å². The highest BCUT2D eigenvalue weighted by Crippen LogP contribution is 2.16. The van der Waals surface area contributed by atoms with Crippen LogP contribution in [0, 0.1) is 0 Å². The van der Waals surface area contributed by atoms with Crippen molar-refractivity contribution in [3.8, 4) is 0 Å². The number of carbonyl (C=O) groups is 1. The number of carbonyl (C=O) groups excluding carboxylic acids is 1. The Morgan fingerprint density at radius 1 is 1.43 bits per heavy atom. The Kier molecular flexibility index (Phi) is 6.79. The van der Waals surface area contributed by atoms with Crippen LogP contribution in [-0.4, -0.2) is 13.1 Å². The average Bonchev–Trinajstić information content (AvgIpc) is 2.86. The fourth-order valence-electron chi connectivity index (χ4n) is 1.92. The summed E-state index contributed by atoms with van der Waals surface area (Å²) in [6.45, 7) is 9.72. The first-order valence-electron chi connectivity index (χ1n) is 7.18. The first kappa shape index (κ1) is 17.1. The smallest absolute Gasteiger partial charge is 0.166 e. The summed E-state index contributed by atoms with van der Waals surface area (Å²) in [5.74, 6) is 0.835. The molecular formula is C17H23BNO2. The zero-order chi connectivity index (χ0) is 15.8. The summed E-state index contributed by atoms with van der Waals surface area (Å²) in [5, 5.41) is 0. The molecule has 1 radical (unpaired) electrons. The van der Waals surface area contributed by atoms with Crippen LogP contribution in [0.3, 0.4) is 0 Å². The van der Waals surface area contributed by atoms with Crippen molar-refractivity contribution in [3.05, 3.63) is 59.1 Å². The number of Topliss-reactive ketones (excluding diaryl/α,β-unsaturated/α-hetero) is 1. The Morgan fingerprint density at radius 2 is 2.14 bits per heavy atom. The van der Waals surface area contributed by atoms with Crippen LogP contribution >= 0.6 is 0 Å². The van der Waals surface area contributed by atoms with E-state index in [1.165, 1.54) is 0 Å². The third-order valence-electron chi connectivity index (χ3n) is 3.05. The highest BCUT2D eigenvalue weighted by Gasteiger charge is 2.14. The third kappa shape index (κ3) is 5.50. The third-order valence-corrected chi connectivity index (χ3v) is 3.05. The fourth-order valence-corrected chi connectivity index (χ4v) is 1.92. The van der Waals surface area contributed by atoms with E-state index < -0.39 is 0 Å². The minimum atomic E-state index is 0.133. The van der Waals surface area contributed by atoms with Crippen LogP contribution in [0.1, 0.15) is 49.7 Å². The molecule has 0 spiro atoms. The molecule has 0 aliphatic heterocycles. The molecule has 0 aromatic carbocycles. The molecule has 0 atom stereocenters. The van der Waals surface area contributed by atoms with Crippen molar-refractivity contribution in [2.45, 2.75) is 39.9 Å². The van der Waals surface area contributed by atoms with Crippen LogP contribution in [0.25, 0.3) is 0 Å². The number of hydrogen-bond acceptors (Lipinski definition) is 3. The molecule has 21 heavy (non-hydrogen) atoms. The molecule has 1 aromatic rings. The first-order chi connectivity index (χ1) is 9.95. The average molecular weight is 284 g/mol. The predicted octanol–water partition coefficient (Wildman–Crippen LogP) is 3.79. The summed E-state index contributed by atoms with van der Waals surface area (Å²) >= 11 is 0. The zero-order valence-electron chi connectivity index (χ0n) is 13.1. The largest absolute Gasteiger partial charge is 0.469 e. The van der Waals surface area contributed by atoms with Gasteiger partial charge in [-0.2, -0.15) is 0 Å². The topological polar surface area (TPSA) is 56.2 Å². The maximum Gasteiger partial charge on any atom is 0.166 e. The minimum Gasteiger partial charge on any atom is -0.469 e. The van der Waals surface area contributed by atoms with Crippen LogP contribution in [0.4, 0.5) is 0 Å². The first-order valence-corrected chi connectivity index (χ1v) is 7.18. The molecule has 0 unspecified atom stereocenters. The molecule has 1 heterocycles. The molecule has 1 rings (SSSR count). The monoisotopic (exact) mass is 284 g/mol. The summed E-state index contributed by atoms with van der Waals surface area (Å²) in [6, 6.07) is 1.75. The molecule has 0 bridgehead atoms. The van der Waals surface area contributed by atoms with Crippen molar-refractivity contribution >= 4 is 13.1 Å². The van der Waals surface area contributed by atoms with Gasteiger partial charge < -0.3 is 10.2 Å². The summed E-state index contributed by atoms with van der Waals surface area (Å²) in [5.41, 5.74) is 8.99. The lowest BCUT2D eigenvalue weighted by Crippen LogP contribution is -2.07. The Hall–Kier alpha value is -1.97. The zero-order valence-corrected chi connectivity index (χ0v) is 13.1. The predicted molar refractivity (Wildman–Crippen MR) is 88.2 cm³/mol. The number of nitrogens with two attached hydrogens (primary N) is 1. The Labute approximate surface area is 127 Å². The van der Waals surface area contributed by atoms with Gasteiger partial charge in [-0.15, -0.1) is 0 Å². The van der Waals surface area contributed by atoms with E-state index in [4.69, 9.17) is 10.2 Å². The van der Waals surface area contributed by atoms with Gasteiger partial charge >= 0.3 is 0 Å². The standard InChI is InChI=1S/C17H23BNO2/c1-5-6-16(20)14-9-10-21-17(14)11-18-15(12(2)3)8-7-13(4)19/h7-10H,2,5-6,11,19H2,1,3-4H3/b13-7+,15-8+. The second-order valence-corrected chi connectivity index (χ2v) is 5.15. The van der Waals surface area contributed by atoms with Crippen molar-refractivity contribution in [1.82, 2.24) is 0 Å². The number of hydrogen-bond donors (Lipinski definition) is 1. The SMILES string of the molecule is C=C(C)/C([B]Cc1occc1C(=O)CCC)=C\C=C(/C)N. The van der Waals surface area contributed by atoms with E-state index in [1.807, 2.05) is 40.2 Å². The van der Waals surface area contributed by atoms with Crippen LogP contribution < -0.4 is 5.73 Å². The molecule has 0 fully saturated rings. The molecule has 1 aromatic heterocycles. The van der Waals surface area contributed by atoms with Crippen molar-refractivity contribution in [2.75, 3.05) is 0 Å². The van der Waals surface area contributed by atoms with E-state index in [2.05, 4.69) is 6.58 Å². The molecule has 4 heteroatoms. The van der Waals surface area contributed by atoms with Gasteiger partial charge in [0.15, 0.2) is 13.1 Å². The number of allylic oxidation sites excluding steroid dienone is 5. The maximum atomic E-state index is 12.0. The van der Waals surface area contributed by atoms with Gasteiger partial charge in [0.05, 0.1) is 11.8 Å². The molecule has 0 amide bonds. The van der Waals surface area contributed by atoms with Gasteiger partial charge in [-0.05, 0) is 38.7 Å². The van der Waals surface area contributed by atoms with E-state index in [-0.39, 0.29) is 5.78 Å². The van der Waals surface area contributed by atoms with E-state index in [0.29, 0.717) is 24.1 Å². The lowest BCUT2D eigenvalue weighted by atomic mass is 9.63.